The van der Waals surface area contributed by atoms with Crippen LogP contribution in [0.4, 0.5) is 11.4 Å². The van der Waals surface area contributed by atoms with E-state index in [1.807, 2.05) is 36.4 Å². The van der Waals surface area contributed by atoms with Crippen LogP contribution in [-0.2, 0) is 9.59 Å². The van der Waals surface area contributed by atoms with E-state index >= 15 is 0 Å². The molecular weight excluding hydrogens is 556 g/mol. The number of rotatable bonds is 8. The van der Waals surface area contributed by atoms with Crippen molar-refractivity contribution in [2.45, 2.75) is 6.42 Å². The number of likely N-dealkylation sites (N-methyl/N-ethyl adjacent to an activating group) is 1. The SMILES string of the molecule is CN(C)C(=O)CN(C(=O)CCBr)c1ccc(N=C(c2ccccc2)c2c(O)[nH]c3cc(Cl)ccc23)cc1. The Balaban J connectivity index is 1.77. The number of nitrogens with one attached hydrogen (secondary N) is 1. The molecule has 0 aliphatic carbocycles. The number of carbonyl (C=O) groups is 2. The predicted octanol–water partition coefficient (Wildman–Crippen LogP) is 5.90. The Morgan fingerprint density at radius 2 is 1.70 bits per heavy atom. The van der Waals surface area contributed by atoms with Gasteiger partial charge < -0.3 is 19.9 Å². The zero-order valence-electron chi connectivity index (χ0n) is 20.4. The molecule has 2 N–H and O–H groups in total. The van der Waals surface area contributed by atoms with Gasteiger partial charge in [0.2, 0.25) is 11.8 Å². The lowest BCUT2D eigenvalue weighted by Gasteiger charge is -2.24. The van der Waals surface area contributed by atoms with E-state index in [4.69, 9.17) is 16.6 Å². The molecule has 37 heavy (non-hydrogen) atoms. The Morgan fingerprint density at radius 1 is 1.00 bits per heavy atom. The Hall–Kier alpha value is -3.62. The molecule has 0 spiro atoms. The van der Waals surface area contributed by atoms with Gasteiger partial charge in [-0.3, -0.25) is 9.59 Å². The first-order valence-corrected chi connectivity index (χ1v) is 13.1. The number of aromatic amines is 1. The van der Waals surface area contributed by atoms with Gasteiger partial charge in [-0.25, -0.2) is 4.99 Å². The average molecular weight is 582 g/mol. The number of anilines is 1. The Kier molecular flexibility index (Phi) is 8.31. The molecule has 190 valence electrons. The van der Waals surface area contributed by atoms with Crippen molar-refractivity contribution in [2.75, 3.05) is 30.9 Å². The third-order valence-electron chi connectivity index (χ3n) is 5.83. The standard InChI is InChI=1S/C28H26BrClN4O3/c1-33(2)25(36)17-34(24(35)14-15-29)21-11-9-20(10-12-21)31-27(18-6-4-3-5-7-18)26-22-13-8-19(30)16-23(22)32-28(26)37/h3-13,16,32,37H,14-15,17H2,1-2H3. The highest BCUT2D eigenvalue weighted by Gasteiger charge is 2.21. The summed E-state index contributed by atoms with van der Waals surface area (Å²) in [6.45, 7) is -0.0531. The molecule has 0 bridgehead atoms. The second-order valence-electron chi connectivity index (χ2n) is 8.59. The Morgan fingerprint density at radius 3 is 2.35 bits per heavy atom. The van der Waals surface area contributed by atoms with Crippen LogP contribution in [0.1, 0.15) is 17.5 Å². The molecule has 4 rings (SSSR count). The van der Waals surface area contributed by atoms with Gasteiger partial charge in [0.25, 0.3) is 0 Å². The number of hydrogen-bond donors (Lipinski definition) is 2. The zero-order valence-corrected chi connectivity index (χ0v) is 22.8. The molecule has 0 atom stereocenters. The van der Waals surface area contributed by atoms with Gasteiger partial charge in [-0.2, -0.15) is 0 Å². The molecular formula is C28H26BrClN4O3. The van der Waals surface area contributed by atoms with Crippen LogP contribution in [0.2, 0.25) is 5.02 Å². The minimum Gasteiger partial charge on any atom is -0.494 e. The number of alkyl halides is 1. The molecule has 7 nitrogen and oxygen atoms in total. The number of aliphatic imine (C=N–C) groups is 1. The van der Waals surface area contributed by atoms with E-state index in [1.54, 1.807) is 50.5 Å². The first-order chi connectivity index (χ1) is 17.8. The van der Waals surface area contributed by atoms with Crippen LogP contribution in [0.15, 0.2) is 77.8 Å². The largest absolute Gasteiger partial charge is 0.494 e. The van der Waals surface area contributed by atoms with Crippen LogP contribution in [0.3, 0.4) is 0 Å². The number of hydrogen-bond acceptors (Lipinski definition) is 4. The van der Waals surface area contributed by atoms with E-state index in [2.05, 4.69) is 20.9 Å². The highest BCUT2D eigenvalue weighted by molar-refractivity contribution is 9.09. The van der Waals surface area contributed by atoms with Gasteiger partial charge in [0.1, 0.15) is 6.54 Å². The van der Waals surface area contributed by atoms with E-state index in [-0.39, 0.29) is 30.7 Å². The second kappa shape index (κ2) is 11.6. The van der Waals surface area contributed by atoms with Crippen molar-refractivity contribution in [3.63, 3.8) is 0 Å². The van der Waals surface area contributed by atoms with Gasteiger partial charge in [0.15, 0.2) is 5.88 Å². The Labute approximate surface area is 228 Å². The molecule has 1 aromatic heterocycles. The van der Waals surface area contributed by atoms with Crippen LogP contribution in [0, 0.1) is 0 Å². The third-order valence-corrected chi connectivity index (χ3v) is 6.46. The summed E-state index contributed by atoms with van der Waals surface area (Å²) in [6, 6.07) is 22.1. The topological polar surface area (TPSA) is 89.0 Å². The summed E-state index contributed by atoms with van der Waals surface area (Å²) in [7, 11) is 3.32. The molecule has 0 fully saturated rings. The van der Waals surface area contributed by atoms with Gasteiger partial charge >= 0.3 is 0 Å². The highest BCUT2D eigenvalue weighted by atomic mass is 79.9. The maximum absolute atomic E-state index is 12.7. The maximum atomic E-state index is 12.7. The van der Waals surface area contributed by atoms with Crippen LogP contribution in [0.25, 0.3) is 10.9 Å². The number of amides is 2. The number of halogens is 2. The summed E-state index contributed by atoms with van der Waals surface area (Å²) >= 11 is 9.45. The summed E-state index contributed by atoms with van der Waals surface area (Å²) in [5, 5.41) is 12.7. The first kappa shape index (κ1) is 26.4. The molecule has 2 amide bonds. The maximum Gasteiger partial charge on any atom is 0.242 e. The molecule has 0 aliphatic heterocycles. The van der Waals surface area contributed by atoms with E-state index in [9.17, 15) is 14.7 Å². The molecule has 0 saturated heterocycles. The molecule has 4 aromatic rings. The summed E-state index contributed by atoms with van der Waals surface area (Å²) in [4.78, 5) is 35.9. The second-order valence-corrected chi connectivity index (χ2v) is 9.82. The lowest BCUT2D eigenvalue weighted by Crippen LogP contribution is -2.40. The molecule has 0 radical (unpaired) electrons. The smallest absolute Gasteiger partial charge is 0.242 e. The lowest BCUT2D eigenvalue weighted by atomic mass is 10.0. The van der Waals surface area contributed by atoms with Crippen molar-refractivity contribution in [1.82, 2.24) is 9.88 Å². The van der Waals surface area contributed by atoms with E-state index in [0.717, 1.165) is 10.9 Å². The van der Waals surface area contributed by atoms with E-state index < -0.39 is 0 Å². The minimum atomic E-state index is -0.175. The Bertz CT molecular complexity index is 1450. The number of fused-ring (bicyclic) bond motifs is 1. The summed E-state index contributed by atoms with van der Waals surface area (Å²) < 4.78 is 0. The summed E-state index contributed by atoms with van der Waals surface area (Å²) in [5.74, 6) is -0.341. The third kappa shape index (κ3) is 6.03. The van der Waals surface area contributed by atoms with Gasteiger partial charge in [-0.05, 0) is 36.4 Å². The quantitative estimate of drug-likeness (QED) is 0.201. The number of H-pyrrole nitrogens is 1. The van der Waals surface area contributed by atoms with Crippen molar-refractivity contribution in [1.29, 1.82) is 0 Å². The van der Waals surface area contributed by atoms with Crippen molar-refractivity contribution >= 4 is 67.3 Å². The molecule has 3 aromatic carbocycles. The lowest BCUT2D eigenvalue weighted by molar-refractivity contribution is -0.129. The fraction of sp³-hybridized carbons (Fsp3) is 0.179. The van der Waals surface area contributed by atoms with Crippen LogP contribution >= 0.6 is 27.5 Å². The fourth-order valence-electron chi connectivity index (χ4n) is 3.91. The number of nitrogens with zero attached hydrogens (tertiary/aromatic N) is 3. The number of carbonyl (C=O) groups excluding carboxylic acids is 2. The first-order valence-electron chi connectivity index (χ1n) is 11.6. The van der Waals surface area contributed by atoms with Crippen molar-refractivity contribution in [2.24, 2.45) is 4.99 Å². The van der Waals surface area contributed by atoms with Gasteiger partial charge in [-0.15, -0.1) is 0 Å². The number of benzene rings is 3. The number of aromatic hydroxyl groups is 1. The molecule has 1 heterocycles. The molecule has 9 heteroatoms. The van der Waals surface area contributed by atoms with Crippen molar-refractivity contribution in [3.05, 3.63) is 88.9 Å². The monoisotopic (exact) mass is 580 g/mol. The van der Waals surface area contributed by atoms with E-state index in [0.29, 0.717) is 38.5 Å². The molecule has 0 aliphatic rings. The minimum absolute atomic E-state index is 0.00904. The average Bonchev–Trinajstić information content (AvgIpc) is 3.21. The van der Waals surface area contributed by atoms with Gasteiger partial charge in [0, 0.05) is 47.5 Å². The van der Waals surface area contributed by atoms with Crippen LogP contribution in [0.5, 0.6) is 5.88 Å². The molecule has 0 unspecified atom stereocenters. The predicted molar refractivity (Wildman–Crippen MR) is 153 cm³/mol. The van der Waals surface area contributed by atoms with Crippen molar-refractivity contribution < 1.29 is 14.7 Å². The number of aromatic nitrogens is 1. The molecule has 0 saturated carbocycles. The van der Waals surface area contributed by atoms with E-state index in [1.165, 1.54) is 9.80 Å². The van der Waals surface area contributed by atoms with Crippen LogP contribution < -0.4 is 4.90 Å². The van der Waals surface area contributed by atoms with Crippen LogP contribution in [-0.4, -0.2) is 58.5 Å². The van der Waals surface area contributed by atoms with Crippen molar-refractivity contribution in [3.8, 4) is 5.88 Å². The zero-order chi connectivity index (χ0) is 26.5. The normalized spacial score (nSPS) is 11.5. The van der Waals surface area contributed by atoms with Gasteiger partial charge in [0.05, 0.1) is 22.5 Å². The summed E-state index contributed by atoms with van der Waals surface area (Å²) in [5.41, 5.74) is 3.89. The highest BCUT2D eigenvalue weighted by Crippen LogP contribution is 2.33. The van der Waals surface area contributed by atoms with Gasteiger partial charge in [-0.1, -0.05) is 63.9 Å². The summed E-state index contributed by atoms with van der Waals surface area (Å²) in [6.07, 6.45) is 0.266. The fourth-order valence-corrected chi connectivity index (χ4v) is 4.42.